The molecule has 0 saturated heterocycles. The second-order valence-corrected chi connectivity index (χ2v) is 11.7. The molecule has 0 aliphatic heterocycles. The van der Waals surface area contributed by atoms with Gasteiger partial charge in [-0.05, 0) is 75.7 Å². The number of amides is 3. The number of aryl methyl sites for hydroxylation is 4. The van der Waals surface area contributed by atoms with E-state index in [-0.39, 0.29) is 17.8 Å². The predicted molar refractivity (Wildman–Crippen MR) is 187 cm³/mol. The molecule has 0 spiro atoms. The van der Waals surface area contributed by atoms with Crippen LogP contribution >= 0.6 is 0 Å². The van der Waals surface area contributed by atoms with Crippen LogP contribution in [0.15, 0.2) is 60.7 Å². The van der Waals surface area contributed by atoms with Crippen molar-refractivity contribution in [3.63, 3.8) is 0 Å². The van der Waals surface area contributed by atoms with Crippen molar-refractivity contribution in [2.45, 2.75) is 60.1 Å². The molecule has 6 aromatic rings. The monoisotopic (exact) mass is 678 g/mol. The summed E-state index contributed by atoms with van der Waals surface area (Å²) in [6.07, 6.45) is 2.60. The van der Waals surface area contributed by atoms with E-state index < -0.39 is 12.1 Å². The Morgan fingerprint density at radius 2 is 1.26 bits per heavy atom. The molecule has 4 heterocycles. The molecule has 3 amide bonds. The number of nitrogens with one attached hydrogen (secondary N) is 2. The summed E-state index contributed by atoms with van der Waals surface area (Å²) in [5.74, 6) is -0.772. The second kappa shape index (κ2) is 13.8. The molecule has 16 heteroatoms. The van der Waals surface area contributed by atoms with Crippen molar-refractivity contribution >= 4 is 51.7 Å². The maximum atomic E-state index is 13.4. The van der Waals surface area contributed by atoms with Gasteiger partial charge in [0, 0.05) is 31.7 Å². The van der Waals surface area contributed by atoms with Crippen molar-refractivity contribution in [2.24, 2.45) is 11.5 Å². The molecule has 4 aromatic heterocycles. The summed E-state index contributed by atoms with van der Waals surface area (Å²) >= 11 is 0. The number of primary amides is 1. The lowest BCUT2D eigenvalue weighted by atomic mass is 10.2. The molecule has 50 heavy (non-hydrogen) atoms. The number of carbonyl (C=O) groups excluding carboxylic acids is 3. The molecule has 0 aliphatic rings. The molecule has 0 fully saturated rings. The van der Waals surface area contributed by atoms with E-state index in [0.717, 1.165) is 5.69 Å². The second-order valence-electron chi connectivity index (χ2n) is 11.7. The first-order valence-electron chi connectivity index (χ1n) is 16.1. The van der Waals surface area contributed by atoms with Crippen molar-refractivity contribution in [3.05, 3.63) is 94.6 Å². The van der Waals surface area contributed by atoms with Gasteiger partial charge in [0.15, 0.2) is 0 Å². The van der Waals surface area contributed by atoms with E-state index in [1.54, 1.807) is 57.9 Å². The highest BCUT2D eigenvalue weighted by atomic mass is 16.3. The maximum absolute atomic E-state index is 13.4. The number of benzene rings is 2. The van der Waals surface area contributed by atoms with Crippen molar-refractivity contribution in [1.82, 2.24) is 38.7 Å². The Kier molecular flexibility index (Phi) is 9.30. The third-order valence-corrected chi connectivity index (χ3v) is 8.21. The van der Waals surface area contributed by atoms with Gasteiger partial charge in [0.2, 0.25) is 17.8 Å². The molecule has 1 atom stereocenters. The highest BCUT2D eigenvalue weighted by Gasteiger charge is 2.20. The fourth-order valence-corrected chi connectivity index (χ4v) is 5.80. The van der Waals surface area contributed by atoms with Crippen LogP contribution in [0.5, 0.6) is 0 Å². The quantitative estimate of drug-likeness (QED) is 0.0946. The summed E-state index contributed by atoms with van der Waals surface area (Å²) in [4.78, 5) is 47.9. The van der Waals surface area contributed by atoms with Crippen molar-refractivity contribution in [1.29, 1.82) is 0 Å². The number of aliphatic hydroxyl groups is 1. The summed E-state index contributed by atoms with van der Waals surface area (Å²) in [6.45, 7) is 9.07. The van der Waals surface area contributed by atoms with Gasteiger partial charge in [0.05, 0.1) is 33.5 Å². The van der Waals surface area contributed by atoms with Gasteiger partial charge in [-0.2, -0.15) is 10.2 Å². The molecule has 0 radical (unpaired) electrons. The van der Waals surface area contributed by atoms with Crippen LogP contribution in [0.25, 0.3) is 22.1 Å². The molecule has 0 saturated carbocycles. The number of hydrogen-bond donors (Lipinski definition) is 5. The molecule has 1 unspecified atom stereocenters. The average molecular weight is 679 g/mol. The summed E-state index contributed by atoms with van der Waals surface area (Å²) in [5.41, 5.74) is 16.6. The first kappa shape index (κ1) is 33.8. The topological polar surface area (TPSA) is 219 Å². The highest BCUT2D eigenvalue weighted by molar-refractivity contribution is 6.04. The number of aromatic nitrogens is 8. The zero-order chi connectivity index (χ0) is 35.7. The van der Waals surface area contributed by atoms with Gasteiger partial charge < -0.3 is 25.7 Å². The lowest BCUT2D eigenvalue weighted by Gasteiger charge is -2.10. The van der Waals surface area contributed by atoms with Gasteiger partial charge in [-0.3, -0.25) is 34.4 Å². The van der Waals surface area contributed by atoms with Crippen LogP contribution < -0.4 is 22.1 Å². The summed E-state index contributed by atoms with van der Waals surface area (Å²) in [6, 6.07) is 13.5. The fourth-order valence-electron chi connectivity index (χ4n) is 5.80. The summed E-state index contributed by atoms with van der Waals surface area (Å²) in [7, 11) is 0. The Balaban J connectivity index is 1.31. The van der Waals surface area contributed by atoms with E-state index in [0.29, 0.717) is 82.4 Å². The number of aliphatic hydroxyl groups excluding tert-OH is 1. The van der Waals surface area contributed by atoms with Crippen molar-refractivity contribution in [2.75, 3.05) is 10.6 Å². The Labute approximate surface area is 286 Å². The van der Waals surface area contributed by atoms with E-state index in [1.807, 2.05) is 49.0 Å². The molecule has 0 aliphatic carbocycles. The van der Waals surface area contributed by atoms with E-state index in [1.165, 1.54) is 0 Å². The summed E-state index contributed by atoms with van der Waals surface area (Å²) < 4.78 is 6.88. The van der Waals surface area contributed by atoms with Crippen molar-refractivity contribution < 1.29 is 19.5 Å². The van der Waals surface area contributed by atoms with E-state index >= 15 is 0 Å². The third kappa shape index (κ3) is 6.61. The van der Waals surface area contributed by atoms with E-state index in [4.69, 9.17) is 11.5 Å². The minimum absolute atomic E-state index is 0.273. The molecular weight excluding hydrogens is 640 g/mol. The minimum Gasteiger partial charge on any atom is -0.375 e. The van der Waals surface area contributed by atoms with Gasteiger partial charge in [-0.1, -0.05) is 18.2 Å². The lowest BCUT2D eigenvalue weighted by molar-refractivity contribution is 0.0995. The lowest BCUT2D eigenvalue weighted by Crippen LogP contribution is -2.20. The van der Waals surface area contributed by atoms with Crippen LogP contribution in [-0.2, 0) is 26.2 Å². The Morgan fingerprint density at radius 3 is 1.72 bits per heavy atom. The molecule has 16 nitrogen and oxygen atoms in total. The zero-order valence-corrected chi connectivity index (χ0v) is 28.1. The van der Waals surface area contributed by atoms with Gasteiger partial charge in [-0.15, -0.1) is 0 Å². The highest BCUT2D eigenvalue weighted by Crippen LogP contribution is 2.25. The normalized spacial score (nSPS) is 12.3. The Hall–Kier alpha value is -6.13. The van der Waals surface area contributed by atoms with Gasteiger partial charge >= 0.3 is 0 Å². The number of fused-ring (bicyclic) bond motifs is 2. The minimum atomic E-state index is -1.19. The molecular formula is C34H38N12O4. The Morgan fingerprint density at radius 1 is 0.780 bits per heavy atom. The maximum Gasteiger partial charge on any atom is 0.276 e. The van der Waals surface area contributed by atoms with E-state index in [2.05, 4.69) is 30.8 Å². The van der Waals surface area contributed by atoms with E-state index in [9.17, 15) is 19.5 Å². The predicted octanol–water partition coefficient (Wildman–Crippen LogP) is 3.25. The molecule has 258 valence electrons. The standard InChI is InChI=1S/C34H38N12O4/c1-5-45-27(15-19(3)41-45)31(49)39-33-37-23-17-21(29(35)47)9-11-25(23)43(33)13-7-8-14-44-26-12-10-22(30(36)48)18-24(26)38-34(44)40-32(50)28-16-20(4)42-46(28)6-2/h7-12,15-18,29,47H,5-6,13-14,35H2,1-4H3,(H2,36,48)(H,37,39,49)(H,38,40,50)/b8-7+. The number of allylic oxidation sites excluding steroid dienone is 2. The number of anilines is 2. The summed E-state index contributed by atoms with van der Waals surface area (Å²) in [5, 5.41) is 24.5. The third-order valence-electron chi connectivity index (χ3n) is 8.21. The van der Waals surface area contributed by atoms with Crippen LogP contribution in [0.3, 0.4) is 0 Å². The largest absolute Gasteiger partial charge is 0.375 e. The van der Waals surface area contributed by atoms with Crippen LogP contribution in [0.2, 0.25) is 0 Å². The Bertz CT molecular complexity index is 2290. The van der Waals surface area contributed by atoms with Crippen LogP contribution in [0, 0.1) is 13.8 Å². The fraction of sp³-hybridized carbons (Fsp3) is 0.265. The van der Waals surface area contributed by atoms with Crippen molar-refractivity contribution in [3.8, 4) is 0 Å². The average Bonchev–Trinajstić information content (AvgIpc) is 3.84. The smallest absolute Gasteiger partial charge is 0.276 e. The molecule has 0 bridgehead atoms. The number of rotatable bonds is 12. The van der Waals surface area contributed by atoms with Gasteiger partial charge in [-0.25, -0.2) is 9.97 Å². The van der Waals surface area contributed by atoms with Crippen LogP contribution in [0.1, 0.15) is 68.4 Å². The van der Waals surface area contributed by atoms with Gasteiger partial charge in [0.1, 0.15) is 17.6 Å². The number of imidazole rings is 2. The first-order chi connectivity index (χ1) is 24.0. The number of hydrogen-bond acceptors (Lipinski definition) is 9. The van der Waals surface area contributed by atoms with Crippen LogP contribution in [0.4, 0.5) is 11.9 Å². The molecule has 6 rings (SSSR count). The first-order valence-corrected chi connectivity index (χ1v) is 16.1. The van der Waals surface area contributed by atoms with Gasteiger partial charge in [0.25, 0.3) is 11.8 Å². The molecule has 7 N–H and O–H groups in total. The SMILES string of the molecule is CCn1nc(C)cc1C(=O)Nc1nc2cc(C(N)=O)ccc2n1C/C=C/Cn1c(NC(=O)c2cc(C)nn2CC)nc2cc(C(N)O)ccc21. The number of nitrogens with two attached hydrogens (primary N) is 2. The zero-order valence-electron chi connectivity index (χ0n) is 28.1. The number of carbonyl (C=O) groups is 3. The van der Waals surface area contributed by atoms with Crippen LogP contribution in [-0.4, -0.2) is 61.5 Å². The number of nitrogens with zero attached hydrogens (tertiary/aromatic N) is 8. The molecule has 2 aromatic carbocycles.